The Morgan fingerprint density at radius 1 is 1.26 bits per heavy atom. The fourth-order valence-corrected chi connectivity index (χ4v) is 1.80. The average molecular weight is 265 g/mol. The van der Waals surface area contributed by atoms with Gasteiger partial charge in [-0.2, -0.15) is 0 Å². The summed E-state index contributed by atoms with van der Waals surface area (Å²) in [6, 6.07) is 6.60. The van der Waals surface area contributed by atoms with Crippen LogP contribution in [0.25, 0.3) is 0 Å². The zero-order chi connectivity index (χ0) is 14.6. The fraction of sp³-hybridized carbons (Fsp3) is 0.429. The average Bonchev–Trinajstić information content (AvgIpc) is 2.39. The second-order valence-electron chi connectivity index (χ2n) is 4.64. The van der Waals surface area contributed by atoms with Gasteiger partial charge in [-0.15, -0.1) is 0 Å². The number of nitrogens with zero attached hydrogens (tertiary/aromatic N) is 1. The van der Waals surface area contributed by atoms with Crippen LogP contribution in [0.2, 0.25) is 0 Å². The van der Waals surface area contributed by atoms with Gasteiger partial charge in [0.2, 0.25) is 0 Å². The number of carboxylic acid groups (broad SMARTS) is 1. The Balaban J connectivity index is 3.04. The lowest BCUT2D eigenvalue weighted by atomic mass is 10.0. The van der Waals surface area contributed by atoms with E-state index in [4.69, 9.17) is 4.74 Å². The van der Waals surface area contributed by atoms with Gasteiger partial charge in [0.25, 0.3) is 5.91 Å². The van der Waals surface area contributed by atoms with Crippen molar-refractivity contribution in [2.45, 2.75) is 26.3 Å². The third kappa shape index (κ3) is 3.05. The lowest BCUT2D eigenvalue weighted by Gasteiger charge is -2.34. The zero-order valence-corrected chi connectivity index (χ0v) is 11.6. The minimum Gasteiger partial charge on any atom is -0.497 e. The summed E-state index contributed by atoms with van der Waals surface area (Å²) in [6.45, 7) is 5.11. The number of carbonyl (C=O) groups excluding carboxylic acids is 1. The summed E-state index contributed by atoms with van der Waals surface area (Å²) in [5.41, 5.74) is -0.803. The van der Waals surface area contributed by atoms with Gasteiger partial charge in [0.1, 0.15) is 11.3 Å². The highest BCUT2D eigenvalue weighted by molar-refractivity contribution is 5.97. The molecule has 1 aromatic carbocycles. The molecule has 1 aromatic rings. The van der Waals surface area contributed by atoms with Gasteiger partial charge in [-0.25, -0.2) is 4.79 Å². The molecule has 0 fully saturated rings. The van der Waals surface area contributed by atoms with E-state index in [1.807, 2.05) is 0 Å². The van der Waals surface area contributed by atoms with E-state index in [0.29, 0.717) is 17.9 Å². The molecule has 5 nitrogen and oxygen atoms in total. The summed E-state index contributed by atoms with van der Waals surface area (Å²) in [6.07, 6.45) is 0. The van der Waals surface area contributed by atoms with Gasteiger partial charge < -0.3 is 14.7 Å². The normalized spacial score (nSPS) is 10.9. The Bertz CT molecular complexity index is 465. The van der Waals surface area contributed by atoms with Crippen molar-refractivity contribution in [3.8, 4) is 5.75 Å². The van der Waals surface area contributed by atoms with Crippen molar-refractivity contribution in [2.24, 2.45) is 0 Å². The number of methoxy groups -OCH3 is 1. The SMILES string of the molecule is CCN(C(=O)c1ccc(OC)cc1)C(C)(C)C(=O)O. The molecule has 0 bridgehead atoms. The van der Waals surface area contributed by atoms with Gasteiger partial charge in [0.05, 0.1) is 7.11 Å². The molecule has 0 saturated carbocycles. The van der Waals surface area contributed by atoms with E-state index in [1.165, 1.54) is 18.7 Å². The summed E-state index contributed by atoms with van der Waals surface area (Å²) < 4.78 is 5.02. The standard InChI is InChI=1S/C14H19NO4/c1-5-15(14(2,3)13(17)18)12(16)10-6-8-11(19-4)9-7-10/h6-9H,5H2,1-4H3,(H,17,18). The van der Waals surface area contributed by atoms with Crippen LogP contribution in [0.15, 0.2) is 24.3 Å². The predicted molar refractivity (Wildman–Crippen MR) is 71.4 cm³/mol. The summed E-state index contributed by atoms with van der Waals surface area (Å²) in [4.78, 5) is 24.9. The minimum atomic E-state index is -1.24. The number of likely N-dealkylation sites (N-methyl/N-ethyl adjacent to an activating group) is 1. The van der Waals surface area contributed by atoms with Gasteiger partial charge in [-0.05, 0) is 45.0 Å². The van der Waals surface area contributed by atoms with E-state index in [9.17, 15) is 14.7 Å². The van der Waals surface area contributed by atoms with Gasteiger partial charge in [0, 0.05) is 12.1 Å². The van der Waals surface area contributed by atoms with Crippen molar-refractivity contribution in [3.05, 3.63) is 29.8 Å². The number of aliphatic carboxylic acids is 1. The molecule has 0 aromatic heterocycles. The molecule has 0 aliphatic heterocycles. The molecule has 1 N–H and O–H groups in total. The molecule has 0 saturated heterocycles. The van der Waals surface area contributed by atoms with Crippen LogP contribution in [0.3, 0.4) is 0 Å². The number of benzene rings is 1. The topological polar surface area (TPSA) is 66.8 Å². The van der Waals surface area contributed by atoms with Crippen LogP contribution >= 0.6 is 0 Å². The van der Waals surface area contributed by atoms with Crippen LogP contribution in [0, 0.1) is 0 Å². The summed E-state index contributed by atoms with van der Waals surface area (Å²) in [7, 11) is 1.54. The van der Waals surface area contributed by atoms with Crippen LogP contribution in [0.4, 0.5) is 0 Å². The highest BCUT2D eigenvalue weighted by atomic mass is 16.5. The first-order chi connectivity index (χ1) is 8.84. The number of rotatable bonds is 5. The number of hydrogen-bond acceptors (Lipinski definition) is 3. The van der Waals surface area contributed by atoms with Crippen LogP contribution in [0.1, 0.15) is 31.1 Å². The maximum atomic E-state index is 12.3. The van der Waals surface area contributed by atoms with E-state index >= 15 is 0 Å². The first-order valence-corrected chi connectivity index (χ1v) is 6.04. The largest absolute Gasteiger partial charge is 0.497 e. The fourth-order valence-electron chi connectivity index (χ4n) is 1.80. The Morgan fingerprint density at radius 3 is 2.16 bits per heavy atom. The quantitative estimate of drug-likeness (QED) is 0.884. The predicted octanol–water partition coefficient (Wildman–Crippen LogP) is 2.02. The van der Waals surface area contributed by atoms with Crippen molar-refractivity contribution in [1.82, 2.24) is 4.90 Å². The molecule has 0 atom stereocenters. The highest BCUT2D eigenvalue weighted by Crippen LogP contribution is 2.19. The lowest BCUT2D eigenvalue weighted by molar-refractivity contribution is -0.147. The molecule has 0 radical (unpaired) electrons. The highest BCUT2D eigenvalue weighted by Gasteiger charge is 2.37. The Kier molecular flexibility index (Phi) is 4.53. The molecule has 0 unspecified atom stereocenters. The first-order valence-electron chi connectivity index (χ1n) is 6.04. The monoisotopic (exact) mass is 265 g/mol. The smallest absolute Gasteiger partial charge is 0.329 e. The molecular formula is C14H19NO4. The lowest BCUT2D eigenvalue weighted by Crippen LogP contribution is -2.52. The maximum Gasteiger partial charge on any atom is 0.329 e. The number of hydrogen-bond donors (Lipinski definition) is 1. The second kappa shape index (κ2) is 5.73. The van der Waals surface area contributed by atoms with Crippen molar-refractivity contribution >= 4 is 11.9 Å². The van der Waals surface area contributed by atoms with Crippen molar-refractivity contribution < 1.29 is 19.4 Å². The first kappa shape index (κ1) is 15.0. The molecule has 0 aliphatic carbocycles. The third-order valence-corrected chi connectivity index (χ3v) is 3.10. The number of amides is 1. The van der Waals surface area contributed by atoms with Crippen LogP contribution in [-0.4, -0.2) is 41.1 Å². The third-order valence-electron chi connectivity index (χ3n) is 3.10. The second-order valence-corrected chi connectivity index (χ2v) is 4.64. The molecule has 0 heterocycles. The van der Waals surface area contributed by atoms with Crippen molar-refractivity contribution in [3.63, 3.8) is 0 Å². The zero-order valence-electron chi connectivity index (χ0n) is 11.6. The van der Waals surface area contributed by atoms with Crippen LogP contribution in [-0.2, 0) is 4.79 Å². The molecule has 104 valence electrons. The minimum absolute atomic E-state index is 0.308. The number of ether oxygens (including phenoxy) is 1. The molecule has 5 heteroatoms. The molecule has 0 aliphatic rings. The maximum absolute atomic E-state index is 12.3. The van der Waals surface area contributed by atoms with E-state index in [1.54, 1.807) is 38.3 Å². The van der Waals surface area contributed by atoms with E-state index in [0.717, 1.165) is 0 Å². The van der Waals surface area contributed by atoms with Crippen molar-refractivity contribution in [2.75, 3.05) is 13.7 Å². The van der Waals surface area contributed by atoms with Gasteiger partial charge in [-0.1, -0.05) is 0 Å². The number of carboxylic acids is 1. The van der Waals surface area contributed by atoms with E-state index in [2.05, 4.69) is 0 Å². The van der Waals surface area contributed by atoms with Gasteiger partial charge in [-0.3, -0.25) is 4.79 Å². The molecular weight excluding hydrogens is 246 g/mol. The van der Waals surface area contributed by atoms with Crippen LogP contribution < -0.4 is 4.74 Å². The molecule has 1 amide bonds. The van der Waals surface area contributed by atoms with Crippen molar-refractivity contribution in [1.29, 1.82) is 0 Å². The Morgan fingerprint density at radius 2 is 1.79 bits per heavy atom. The van der Waals surface area contributed by atoms with E-state index in [-0.39, 0.29) is 5.91 Å². The Hall–Kier alpha value is -2.04. The Labute approximate surface area is 112 Å². The molecule has 0 spiro atoms. The summed E-state index contributed by atoms with van der Waals surface area (Å²) in [5.74, 6) is -0.689. The van der Waals surface area contributed by atoms with Gasteiger partial charge >= 0.3 is 5.97 Å². The van der Waals surface area contributed by atoms with E-state index < -0.39 is 11.5 Å². The van der Waals surface area contributed by atoms with Gasteiger partial charge in [0.15, 0.2) is 0 Å². The molecule has 19 heavy (non-hydrogen) atoms. The summed E-state index contributed by atoms with van der Waals surface area (Å²) in [5, 5.41) is 9.21. The van der Waals surface area contributed by atoms with Crippen LogP contribution in [0.5, 0.6) is 5.75 Å². The number of carbonyl (C=O) groups is 2. The summed E-state index contributed by atoms with van der Waals surface area (Å²) >= 11 is 0. The molecule has 1 rings (SSSR count).